The molecule has 1 aromatic carbocycles. The fourth-order valence-corrected chi connectivity index (χ4v) is 8.48. The van der Waals surface area contributed by atoms with Crippen LogP contribution in [0.15, 0.2) is 36.5 Å². The maximum absolute atomic E-state index is 13.6. The minimum absolute atomic E-state index is 0.0110. The highest BCUT2D eigenvalue weighted by Crippen LogP contribution is 2.48. The molecular weight excluding hydrogens is 585 g/mol. The number of benzene rings is 1. The summed E-state index contributed by atoms with van der Waals surface area (Å²) in [5, 5.41) is 10.4. The minimum Gasteiger partial charge on any atom is -0.321 e. The summed E-state index contributed by atoms with van der Waals surface area (Å²) in [7, 11) is -3.59. The normalized spacial score (nSPS) is 17.1. The van der Waals surface area contributed by atoms with Gasteiger partial charge < -0.3 is 4.57 Å². The van der Waals surface area contributed by atoms with Crippen LogP contribution in [0.3, 0.4) is 0 Å². The number of unbranched alkanes of at least 4 members (excludes halogenated alkanes) is 7. The van der Waals surface area contributed by atoms with E-state index in [1.807, 2.05) is 4.57 Å². The Hall–Kier alpha value is -3.06. The summed E-state index contributed by atoms with van der Waals surface area (Å²) in [6.07, 6.45) is 12.4. The molecule has 5 rings (SSSR count). The van der Waals surface area contributed by atoms with E-state index in [0.29, 0.717) is 41.9 Å². The number of rotatable bonds is 14. The van der Waals surface area contributed by atoms with Crippen LogP contribution < -0.4 is 4.72 Å². The standard InChI is InChI=1S/C34H43F3N4O2S/c1-2-3-4-5-6-7-8-12-19-33(20-21-33)44(42,43)40-27-17-15-25(16-18-27)31-30(23-38)29-22-26(34(35,36)37)24-39-32(29)41(31)28-13-10-9-11-14-28/h15-18,22,24,28,40H,2-14,19-21H2,1H3. The van der Waals surface area contributed by atoms with Gasteiger partial charge in [-0.05, 0) is 55.9 Å². The van der Waals surface area contributed by atoms with Crippen molar-refractivity contribution in [1.82, 2.24) is 9.55 Å². The van der Waals surface area contributed by atoms with Crippen molar-refractivity contribution in [3.05, 3.63) is 47.7 Å². The molecule has 0 aliphatic heterocycles. The Kier molecular flexibility index (Phi) is 9.93. The lowest BCUT2D eigenvalue weighted by molar-refractivity contribution is -0.137. The monoisotopic (exact) mass is 628 g/mol. The van der Waals surface area contributed by atoms with E-state index in [2.05, 4.69) is 22.7 Å². The lowest BCUT2D eigenvalue weighted by Crippen LogP contribution is -2.29. The highest BCUT2D eigenvalue weighted by molar-refractivity contribution is 7.94. The number of anilines is 1. The molecule has 6 nitrogen and oxygen atoms in total. The average Bonchev–Trinajstić information content (AvgIpc) is 3.74. The first-order chi connectivity index (χ1) is 21.1. The number of halogens is 3. The molecule has 0 unspecified atom stereocenters. The van der Waals surface area contributed by atoms with Crippen LogP contribution in [0, 0.1) is 11.3 Å². The van der Waals surface area contributed by atoms with Crippen molar-refractivity contribution in [2.45, 2.75) is 127 Å². The zero-order valence-corrected chi connectivity index (χ0v) is 26.4. The van der Waals surface area contributed by atoms with Crippen LogP contribution in [0.25, 0.3) is 22.3 Å². The molecule has 238 valence electrons. The van der Waals surface area contributed by atoms with E-state index in [9.17, 15) is 26.9 Å². The topological polar surface area (TPSA) is 87.8 Å². The fraction of sp³-hybridized carbons (Fsp3) is 0.588. The lowest BCUT2D eigenvalue weighted by atomic mass is 9.94. The Morgan fingerprint density at radius 2 is 1.64 bits per heavy atom. The average molecular weight is 629 g/mol. The van der Waals surface area contributed by atoms with Gasteiger partial charge in [0.2, 0.25) is 10.0 Å². The molecule has 2 fully saturated rings. The largest absolute Gasteiger partial charge is 0.417 e. The van der Waals surface area contributed by atoms with Gasteiger partial charge in [-0.15, -0.1) is 0 Å². The minimum atomic E-state index is -4.58. The Morgan fingerprint density at radius 3 is 2.23 bits per heavy atom. The molecule has 10 heteroatoms. The number of sulfonamides is 1. The SMILES string of the molecule is CCCCCCCCCCC1(S(=O)(=O)Nc2ccc(-c3c(C#N)c4cc(C(F)(F)F)cnc4n3C3CCCCC3)cc2)CC1. The molecular formula is C34H43F3N4O2S. The predicted molar refractivity (Wildman–Crippen MR) is 169 cm³/mol. The van der Waals surface area contributed by atoms with E-state index in [1.165, 1.54) is 32.1 Å². The molecule has 0 bridgehead atoms. The molecule has 0 radical (unpaired) electrons. The number of nitrogens with zero attached hydrogens (tertiary/aromatic N) is 3. The first-order valence-corrected chi connectivity index (χ1v) is 17.7. The number of hydrogen-bond acceptors (Lipinski definition) is 4. The van der Waals surface area contributed by atoms with E-state index < -0.39 is 26.5 Å². The van der Waals surface area contributed by atoms with Gasteiger partial charge in [0.15, 0.2) is 0 Å². The summed E-state index contributed by atoms with van der Waals surface area (Å²) >= 11 is 0. The zero-order valence-electron chi connectivity index (χ0n) is 25.6. The number of pyridine rings is 1. The number of aromatic nitrogens is 2. The Labute approximate surface area is 259 Å². The van der Waals surface area contributed by atoms with Crippen LogP contribution in [0.2, 0.25) is 0 Å². The Balaban J connectivity index is 1.36. The third-order valence-corrected chi connectivity index (χ3v) is 11.8. The molecule has 0 atom stereocenters. The summed E-state index contributed by atoms with van der Waals surface area (Å²) < 4.78 is 71.6. The molecule has 3 aromatic rings. The van der Waals surface area contributed by atoms with Gasteiger partial charge in [-0.1, -0.05) is 89.7 Å². The van der Waals surface area contributed by atoms with E-state index >= 15 is 0 Å². The van der Waals surface area contributed by atoms with Gasteiger partial charge in [-0.25, -0.2) is 13.4 Å². The Morgan fingerprint density at radius 1 is 1.00 bits per heavy atom. The van der Waals surface area contributed by atoms with Crippen LogP contribution in [0.1, 0.15) is 127 Å². The summed E-state index contributed by atoms with van der Waals surface area (Å²) in [6, 6.07) is 10.0. The zero-order chi connectivity index (χ0) is 31.4. The smallest absolute Gasteiger partial charge is 0.321 e. The van der Waals surface area contributed by atoms with Crippen molar-refractivity contribution in [3.63, 3.8) is 0 Å². The molecule has 0 saturated heterocycles. The number of hydrogen-bond donors (Lipinski definition) is 1. The van der Waals surface area contributed by atoms with E-state index in [4.69, 9.17) is 0 Å². The van der Waals surface area contributed by atoms with Crippen molar-refractivity contribution in [2.24, 2.45) is 0 Å². The highest BCUT2D eigenvalue weighted by atomic mass is 32.2. The quantitative estimate of drug-likeness (QED) is 0.180. The van der Waals surface area contributed by atoms with Crippen molar-refractivity contribution < 1.29 is 21.6 Å². The van der Waals surface area contributed by atoms with Crippen molar-refractivity contribution in [3.8, 4) is 17.3 Å². The van der Waals surface area contributed by atoms with Crippen molar-refractivity contribution in [2.75, 3.05) is 4.72 Å². The second kappa shape index (κ2) is 13.5. The predicted octanol–water partition coefficient (Wildman–Crippen LogP) is 9.90. The summed E-state index contributed by atoms with van der Waals surface area (Å²) in [4.78, 5) is 4.23. The summed E-state index contributed by atoms with van der Waals surface area (Å²) in [6.45, 7) is 2.21. The van der Waals surface area contributed by atoms with E-state index in [1.54, 1.807) is 24.3 Å². The third kappa shape index (κ3) is 6.93. The molecule has 2 saturated carbocycles. The van der Waals surface area contributed by atoms with Gasteiger partial charge in [0.1, 0.15) is 11.7 Å². The molecule has 0 spiro atoms. The molecule has 1 N–H and O–H groups in total. The van der Waals surface area contributed by atoms with Crippen LogP contribution >= 0.6 is 0 Å². The second-order valence-corrected chi connectivity index (χ2v) is 14.8. The van der Waals surface area contributed by atoms with E-state index in [-0.39, 0.29) is 17.0 Å². The highest BCUT2D eigenvalue weighted by Gasteiger charge is 2.53. The van der Waals surface area contributed by atoms with E-state index in [0.717, 1.165) is 63.6 Å². The molecule has 0 amide bonds. The number of fused-ring (bicyclic) bond motifs is 1. The molecule has 2 aromatic heterocycles. The molecule has 44 heavy (non-hydrogen) atoms. The maximum atomic E-state index is 13.6. The van der Waals surface area contributed by atoms with Crippen LogP contribution in [-0.2, 0) is 16.2 Å². The van der Waals surface area contributed by atoms with Crippen molar-refractivity contribution >= 4 is 26.7 Å². The Bertz CT molecular complexity index is 1580. The van der Waals surface area contributed by atoms with Crippen LogP contribution in [0.4, 0.5) is 18.9 Å². The summed E-state index contributed by atoms with van der Waals surface area (Å²) in [5.74, 6) is 0. The van der Waals surface area contributed by atoms with Gasteiger partial charge in [-0.2, -0.15) is 18.4 Å². The lowest BCUT2D eigenvalue weighted by Gasteiger charge is -2.26. The van der Waals surface area contributed by atoms with Crippen LogP contribution in [0.5, 0.6) is 0 Å². The first kappa shape index (κ1) is 32.3. The molecule has 2 aliphatic carbocycles. The van der Waals surface area contributed by atoms with Gasteiger partial charge in [0.05, 0.1) is 21.6 Å². The van der Waals surface area contributed by atoms with Gasteiger partial charge in [-0.3, -0.25) is 4.72 Å². The number of nitrogens with one attached hydrogen (secondary N) is 1. The van der Waals surface area contributed by atoms with Crippen molar-refractivity contribution in [1.29, 1.82) is 5.26 Å². The third-order valence-electron chi connectivity index (χ3n) is 9.50. The fourth-order valence-electron chi connectivity index (χ4n) is 6.77. The number of nitriles is 1. The van der Waals surface area contributed by atoms with Gasteiger partial charge in [0, 0.05) is 23.3 Å². The summed E-state index contributed by atoms with van der Waals surface area (Å²) in [5.41, 5.74) is 1.25. The van der Waals surface area contributed by atoms with Gasteiger partial charge >= 0.3 is 6.18 Å². The van der Waals surface area contributed by atoms with Crippen LogP contribution in [-0.4, -0.2) is 22.7 Å². The molecule has 2 heterocycles. The second-order valence-electron chi connectivity index (χ2n) is 12.7. The first-order valence-electron chi connectivity index (χ1n) is 16.2. The molecule has 2 aliphatic rings. The number of alkyl halides is 3. The maximum Gasteiger partial charge on any atom is 0.417 e. The van der Waals surface area contributed by atoms with Gasteiger partial charge in [0.25, 0.3) is 0 Å².